The van der Waals surface area contributed by atoms with E-state index in [9.17, 15) is 4.79 Å². The lowest BCUT2D eigenvalue weighted by Gasteiger charge is -2.36. The van der Waals surface area contributed by atoms with Gasteiger partial charge in [-0.15, -0.1) is 24.0 Å². The number of guanidine groups is 1. The summed E-state index contributed by atoms with van der Waals surface area (Å²) < 4.78 is 11.4. The van der Waals surface area contributed by atoms with E-state index in [1.54, 1.807) is 6.92 Å². The molecule has 0 aliphatic carbocycles. The van der Waals surface area contributed by atoms with Gasteiger partial charge in [0.15, 0.2) is 5.96 Å². The molecule has 2 saturated heterocycles. The second-order valence-electron chi connectivity index (χ2n) is 7.61. The van der Waals surface area contributed by atoms with Crippen LogP contribution < -0.4 is 5.32 Å². The maximum absolute atomic E-state index is 11.5. The Balaban J connectivity index is 0.00000320. The number of hydrogen-bond donors (Lipinski definition) is 1. The van der Waals surface area contributed by atoms with Gasteiger partial charge in [-0.3, -0.25) is 4.79 Å². The Bertz CT molecular complexity index is 687. The number of amides is 1. The van der Waals surface area contributed by atoms with Crippen LogP contribution in [0.3, 0.4) is 0 Å². The molecular weight excluding hydrogens is 495 g/mol. The van der Waals surface area contributed by atoms with Gasteiger partial charge in [0, 0.05) is 52.9 Å². The molecular formula is C22H35IN4O3. The third kappa shape index (κ3) is 7.70. The Morgan fingerprint density at radius 2 is 1.83 bits per heavy atom. The van der Waals surface area contributed by atoms with Gasteiger partial charge in [0.1, 0.15) is 0 Å². The van der Waals surface area contributed by atoms with Crippen molar-refractivity contribution in [1.82, 2.24) is 15.1 Å². The first-order valence-electron chi connectivity index (χ1n) is 10.7. The van der Waals surface area contributed by atoms with Crippen LogP contribution in [0.2, 0.25) is 0 Å². The first kappa shape index (κ1) is 24.9. The average Bonchev–Trinajstić information content (AvgIpc) is 2.76. The smallest absolute Gasteiger partial charge is 0.219 e. The Hall–Kier alpha value is -1.39. The van der Waals surface area contributed by atoms with Crippen molar-refractivity contribution in [3.63, 3.8) is 0 Å². The van der Waals surface area contributed by atoms with Crippen LogP contribution in [-0.4, -0.2) is 73.7 Å². The van der Waals surface area contributed by atoms with Crippen LogP contribution in [0.1, 0.15) is 37.8 Å². The molecule has 0 spiro atoms. The SMILES string of the molecule is CCNC(=NCc1cccc(COC2CCOCC2)c1)N1CCN(C(C)=O)CC1.I. The topological polar surface area (TPSA) is 66.4 Å². The van der Waals surface area contributed by atoms with Crippen molar-refractivity contribution in [1.29, 1.82) is 0 Å². The van der Waals surface area contributed by atoms with Gasteiger partial charge in [0.2, 0.25) is 5.91 Å². The van der Waals surface area contributed by atoms with Crippen LogP contribution in [0.15, 0.2) is 29.3 Å². The number of benzene rings is 1. The van der Waals surface area contributed by atoms with Crippen LogP contribution in [-0.2, 0) is 27.4 Å². The number of carbonyl (C=O) groups excluding carboxylic acids is 1. The van der Waals surface area contributed by atoms with E-state index in [1.165, 1.54) is 11.1 Å². The molecule has 0 aromatic heterocycles. The van der Waals surface area contributed by atoms with E-state index in [-0.39, 0.29) is 29.9 Å². The molecule has 2 heterocycles. The number of hydrogen-bond acceptors (Lipinski definition) is 4. The molecule has 2 fully saturated rings. The molecule has 2 aliphatic heterocycles. The van der Waals surface area contributed by atoms with Crippen molar-refractivity contribution in [3.05, 3.63) is 35.4 Å². The Kier molecular flexibility index (Phi) is 10.9. The maximum atomic E-state index is 11.5. The summed E-state index contributed by atoms with van der Waals surface area (Å²) in [7, 11) is 0. The van der Waals surface area contributed by atoms with E-state index >= 15 is 0 Å². The first-order chi connectivity index (χ1) is 14.2. The monoisotopic (exact) mass is 530 g/mol. The van der Waals surface area contributed by atoms with Crippen molar-refractivity contribution in [2.24, 2.45) is 4.99 Å². The van der Waals surface area contributed by atoms with Crippen LogP contribution in [0, 0.1) is 0 Å². The average molecular weight is 530 g/mol. The quantitative estimate of drug-likeness (QED) is 0.348. The van der Waals surface area contributed by atoms with Crippen molar-refractivity contribution in [2.45, 2.75) is 45.9 Å². The Labute approximate surface area is 197 Å². The molecule has 1 N–H and O–H groups in total. The number of nitrogens with zero attached hydrogens (tertiary/aromatic N) is 3. The van der Waals surface area contributed by atoms with Gasteiger partial charge in [0.05, 0.1) is 19.3 Å². The summed E-state index contributed by atoms with van der Waals surface area (Å²) in [6, 6.07) is 8.48. The van der Waals surface area contributed by atoms with Crippen LogP contribution in [0.4, 0.5) is 0 Å². The summed E-state index contributed by atoms with van der Waals surface area (Å²) >= 11 is 0. The second-order valence-corrected chi connectivity index (χ2v) is 7.61. The highest BCUT2D eigenvalue weighted by Crippen LogP contribution is 2.15. The zero-order chi connectivity index (χ0) is 20.5. The molecule has 3 rings (SSSR count). The van der Waals surface area contributed by atoms with Crippen LogP contribution in [0.25, 0.3) is 0 Å². The Morgan fingerprint density at radius 3 is 2.50 bits per heavy atom. The Morgan fingerprint density at radius 1 is 1.17 bits per heavy atom. The molecule has 0 unspecified atom stereocenters. The summed E-state index contributed by atoms with van der Waals surface area (Å²) in [5, 5.41) is 3.39. The number of ether oxygens (including phenoxy) is 2. The van der Waals surface area contributed by atoms with Gasteiger partial charge in [-0.2, -0.15) is 0 Å². The molecule has 8 heteroatoms. The summed E-state index contributed by atoms with van der Waals surface area (Å²) in [4.78, 5) is 20.5. The predicted molar refractivity (Wildman–Crippen MR) is 129 cm³/mol. The standard InChI is InChI=1S/C22H34N4O3.HI/c1-3-23-22(26-11-9-25(10-12-26)18(2)27)24-16-19-5-4-6-20(15-19)17-29-21-7-13-28-14-8-21;/h4-6,15,21H,3,7-14,16-17H2,1-2H3,(H,23,24);1H. The number of rotatable bonds is 6. The molecule has 2 aliphatic rings. The summed E-state index contributed by atoms with van der Waals surface area (Å²) in [5.41, 5.74) is 2.36. The third-order valence-corrected chi connectivity index (χ3v) is 5.42. The predicted octanol–water partition coefficient (Wildman–Crippen LogP) is 2.63. The molecule has 0 radical (unpaired) electrons. The summed E-state index contributed by atoms with van der Waals surface area (Å²) in [6.07, 6.45) is 2.26. The van der Waals surface area contributed by atoms with E-state index in [1.807, 2.05) is 4.90 Å². The van der Waals surface area contributed by atoms with Gasteiger partial charge in [-0.25, -0.2) is 4.99 Å². The highest BCUT2D eigenvalue weighted by atomic mass is 127. The normalized spacial score (nSPS) is 18.1. The van der Waals surface area contributed by atoms with Crippen molar-refractivity contribution in [3.8, 4) is 0 Å². The van der Waals surface area contributed by atoms with Crippen LogP contribution >= 0.6 is 24.0 Å². The van der Waals surface area contributed by atoms with Crippen LogP contribution in [0.5, 0.6) is 0 Å². The number of halogens is 1. The molecule has 1 aromatic carbocycles. The zero-order valence-electron chi connectivity index (χ0n) is 18.1. The van der Waals surface area contributed by atoms with Gasteiger partial charge in [-0.1, -0.05) is 24.3 Å². The highest BCUT2D eigenvalue weighted by molar-refractivity contribution is 14.0. The zero-order valence-corrected chi connectivity index (χ0v) is 20.5. The van der Waals surface area contributed by atoms with E-state index < -0.39 is 0 Å². The lowest BCUT2D eigenvalue weighted by Crippen LogP contribution is -2.53. The fourth-order valence-corrected chi connectivity index (χ4v) is 3.70. The van der Waals surface area contributed by atoms with Gasteiger partial charge >= 0.3 is 0 Å². The first-order valence-corrected chi connectivity index (χ1v) is 10.7. The molecule has 0 saturated carbocycles. The van der Waals surface area contributed by atoms with Gasteiger partial charge < -0.3 is 24.6 Å². The lowest BCUT2D eigenvalue weighted by molar-refractivity contribution is -0.130. The van der Waals surface area contributed by atoms with Crippen molar-refractivity contribution < 1.29 is 14.3 Å². The van der Waals surface area contributed by atoms with Crippen molar-refractivity contribution in [2.75, 3.05) is 45.9 Å². The van der Waals surface area contributed by atoms with E-state index in [4.69, 9.17) is 14.5 Å². The largest absolute Gasteiger partial charge is 0.381 e. The van der Waals surface area contributed by atoms with Gasteiger partial charge in [0.25, 0.3) is 0 Å². The molecule has 1 aromatic rings. The fourth-order valence-electron chi connectivity index (χ4n) is 3.70. The maximum Gasteiger partial charge on any atom is 0.219 e. The van der Waals surface area contributed by atoms with E-state index in [0.29, 0.717) is 19.3 Å². The second kappa shape index (κ2) is 13.1. The molecule has 30 heavy (non-hydrogen) atoms. The minimum atomic E-state index is 0. The van der Waals surface area contributed by atoms with Crippen molar-refractivity contribution >= 4 is 35.8 Å². The fraction of sp³-hybridized carbons (Fsp3) is 0.636. The van der Waals surface area contributed by atoms with E-state index in [2.05, 4.69) is 41.4 Å². The lowest BCUT2D eigenvalue weighted by atomic mass is 10.1. The molecule has 1 amide bonds. The minimum Gasteiger partial charge on any atom is -0.381 e. The number of nitrogens with one attached hydrogen (secondary N) is 1. The molecule has 168 valence electrons. The minimum absolute atomic E-state index is 0. The summed E-state index contributed by atoms with van der Waals surface area (Å²) in [6.45, 7) is 10.5. The number of aliphatic imine (C=N–C) groups is 1. The third-order valence-electron chi connectivity index (χ3n) is 5.42. The van der Waals surface area contributed by atoms with Gasteiger partial charge in [-0.05, 0) is 30.9 Å². The summed E-state index contributed by atoms with van der Waals surface area (Å²) in [5.74, 6) is 1.06. The highest BCUT2D eigenvalue weighted by Gasteiger charge is 2.20. The van der Waals surface area contributed by atoms with E-state index in [0.717, 1.165) is 64.7 Å². The molecule has 7 nitrogen and oxygen atoms in total. The molecule has 0 atom stereocenters. The number of piperazine rings is 1. The molecule has 0 bridgehead atoms. The number of carbonyl (C=O) groups is 1.